The number of nitriles is 3. The van der Waals surface area contributed by atoms with Crippen LogP contribution in [-0.4, -0.2) is 133 Å². The fourth-order valence-corrected chi connectivity index (χ4v) is 15.7. The Morgan fingerprint density at radius 1 is 0.463 bits per heavy atom. The van der Waals surface area contributed by atoms with Crippen LogP contribution in [0.25, 0.3) is 11.4 Å². The summed E-state index contributed by atoms with van der Waals surface area (Å²) in [5, 5.41) is 103. The molecule has 10 N–H and O–H groups in total. The first-order valence-corrected chi connectivity index (χ1v) is 40.8. The monoisotopic (exact) mass is 1700 g/mol. The Labute approximate surface area is 707 Å². The zero-order valence-corrected chi connectivity index (χ0v) is 69.3. The third-order valence-corrected chi connectivity index (χ3v) is 22.5. The van der Waals surface area contributed by atoms with Crippen molar-refractivity contribution >= 4 is 35.4 Å². The van der Waals surface area contributed by atoms with Crippen molar-refractivity contribution in [1.82, 2.24) is 69.9 Å². The Balaban J connectivity index is 0.000000160. The summed E-state index contributed by atoms with van der Waals surface area (Å²) in [5.74, 6) is 2.28. The van der Waals surface area contributed by atoms with Crippen LogP contribution in [0, 0.1) is 77.4 Å². The lowest BCUT2D eigenvalue weighted by molar-refractivity contribution is -0.139. The van der Waals surface area contributed by atoms with Crippen molar-refractivity contribution in [2.45, 2.75) is 233 Å². The van der Waals surface area contributed by atoms with Gasteiger partial charge in [0.15, 0.2) is 0 Å². The molecule has 650 valence electrons. The summed E-state index contributed by atoms with van der Waals surface area (Å²) in [6.45, 7) is 11.7. The predicted octanol–water partition coefficient (Wildman–Crippen LogP) is 15.6. The maximum Gasteiger partial charge on any atom is 0.419 e. The van der Waals surface area contributed by atoms with Gasteiger partial charge in [-0.15, -0.1) is 10.2 Å². The number of nitrogens with zero attached hydrogens (tertiary/aromatic N) is 17. The van der Waals surface area contributed by atoms with Crippen LogP contribution >= 0.6 is 0 Å². The minimum absolute atomic E-state index is 0.0115. The highest BCUT2D eigenvalue weighted by molar-refractivity contribution is 5.56. The molecule has 4 atom stereocenters. The fourth-order valence-electron chi connectivity index (χ4n) is 15.7. The van der Waals surface area contributed by atoms with Crippen molar-refractivity contribution in [3.05, 3.63) is 207 Å². The lowest BCUT2D eigenvalue weighted by atomic mass is 9.69. The van der Waals surface area contributed by atoms with Gasteiger partial charge in [0.05, 0.1) is 106 Å². The van der Waals surface area contributed by atoms with E-state index >= 15 is 0 Å². The van der Waals surface area contributed by atoms with Crippen LogP contribution in [-0.2, 0) is 51.4 Å². The zero-order chi connectivity index (χ0) is 88.2. The van der Waals surface area contributed by atoms with Crippen LogP contribution in [0.2, 0.25) is 0 Å². The lowest BCUT2D eigenvalue weighted by Gasteiger charge is -2.39. The third-order valence-electron chi connectivity index (χ3n) is 22.5. The Kier molecular flexibility index (Phi) is 31.0. The standard InChI is InChI=1S/C24H29F3N6O.C24H29N7O.C20H22F3N5O.C19H21F2N5O2/c1-15-12-30-32-33(15)20-7-5-4-6-17(20)13-28-22-29-14-18(24(25,26)27)19(31-22)10-16-8-9-21(34)23(2,3)11-16;1-16-13-28-30-31(16)21-7-5-4-6-18(21)14-26-23-27-15-19(12-25)20(29-23)10-17-8-9-22(32)24(2,3)11-17;1-12-2-7-17(20(21,22)23)13(8-12)10-25-19-26-11-14(9-24)18(28-19)27-15-3-5-16(29)6-4-15;20-18(21)28-16-4-2-1-3-12(16)10-23-19-24-11-13(9-22)17(26-19)25-14-5-7-15(27)8-6-14/h4-7,12,14,16,21,34H,8-11,13H2,1-3H3,(H,28,29,31);4-7,13,15,17,22,32H,8-11,14H2,1-3H3,(H,26,27,29);2,7-8,11,15-16,29H,3-6,10H2,1H3,(H2,25,26,27,28);1-4,11,14-15,18,27H,5-8,10H2,(H2,23,24,25,26)/t16-,21-;17-,22-;;/m00../s1. The molecule has 4 aliphatic rings. The number of rotatable bonds is 24. The Morgan fingerprint density at radius 3 is 1.29 bits per heavy atom. The number of anilines is 6. The fraction of sp³-hybridized carbons (Fsp3) is 0.460. The van der Waals surface area contributed by atoms with E-state index in [1.54, 1.807) is 53.1 Å². The summed E-state index contributed by atoms with van der Waals surface area (Å²) in [6.07, 6.45) is 9.57. The van der Waals surface area contributed by atoms with Crippen molar-refractivity contribution in [3.63, 3.8) is 0 Å². The molecule has 4 aliphatic carbocycles. The van der Waals surface area contributed by atoms with Gasteiger partial charge < -0.3 is 57.1 Å². The summed E-state index contributed by atoms with van der Waals surface area (Å²) in [4.78, 5) is 34.1. The highest BCUT2D eigenvalue weighted by Gasteiger charge is 2.41. The zero-order valence-electron chi connectivity index (χ0n) is 69.3. The Bertz CT molecular complexity index is 5300. The minimum atomic E-state index is -4.53. The van der Waals surface area contributed by atoms with Crippen molar-refractivity contribution in [3.8, 4) is 35.3 Å². The molecule has 0 amide bonds. The quantitative estimate of drug-likeness (QED) is 0.0251. The van der Waals surface area contributed by atoms with Gasteiger partial charge in [0.2, 0.25) is 23.8 Å². The molecular weight excluding hydrogens is 1600 g/mol. The van der Waals surface area contributed by atoms with E-state index in [4.69, 9.17) is 0 Å². The van der Waals surface area contributed by atoms with Gasteiger partial charge in [0.1, 0.15) is 46.7 Å². The number of aromatic nitrogens is 14. The molecule has 0 bridgehead atoms. The molecule has 0 spiro atoms. The van der Waals surface area contributed by atoms with E-state index in [-0.39, 0.29) is 107 Å². The van der Waals surface area contributed by atoms with E-state index < -0.39 is 36.2 Å². The number of alkyl halides is 8. The highest BCUT2D eigenvalue weighted by Crippen LogP contribution is 2.44. The molecule has 14 rings (SSSR count). The topological polar surface area (TPSA) is 398 Å². The number of benzene rings is 4. The van der Waals surface area contributed by atoms with Crippen LogP contribution in [0.3, 0.4) is 0 Å². The summed E-state index contributed by atoms with van der Waals surface area (Å²) in [7, 11) is 0. The van der Waals surface area contributed by atoms with Gasteiger partial charge in [-0.25, -0.2) is 39.3 Å². The molecule has 0 aliphatic heterocycles. The summed E-state index contributed by atoms with van der Waals surface area (Å²) in [5.41, 5.74) is 6.74. The number of para-hydroxylation sites is 3. The van der Waals surface area contributed by atoms with Gasteiger partial charge in [-0.1, -0.05) is 110 Å². The molecular formula is C87H101F8N23O5. The Hall–Kier alpha value is -12.2. The van der Waals surface area contributed by atoms with Crippen LogP contribution in [0.15, 0.2) is 128 Å². The first-order chi connectivity index (χ1) is 58.7. The molecule has 4 fully saturated rings. The van der Waals surface area contributed by atoms with Gasteiger partial charge in [-0.2, -0.15) is 60.9 Å². The van der Waals surface area contributed by atoms with E-state index in [1.165, 1.54) is 30.6 Å². The number of hydrogen-bond acceptors (Lipinski definition) is 26. The van der Waals surface area contributed by atoms with E-state index in [0.717, 1.165) is 102 Å². The third kappa shape index (κ3) is 25.5. The number of halogens is 8. The van der Waals surface area contributed by atoms with Gasteiger partial charge in [0.25, 0.3) is 0 Å². The molecule has 0 saturated heterocycles. The molecule has 0 radical (unpaired) electrons. The first-order valence-electron chi connectivity index (χ1n) is 40.8. The highest BCUT2D eigenvalue weighted by atomic mass is 19.4. The maximum absolute atomic E-state index is 13.7. The van der Waals surface area contributed by atoms with Crippen molar-refractivity contribution in [1.29, 1.82) is 15.8 Å². The van der Waals surface area contributed by atoms with Crippen LogP contribution < -0.4 is 36.6 Å². The smallest absolute Gasteiger partial charge is 0.419 e. The van der Waals surface area contributed by atoms with Gasteiger partial charge in [-0.3, -0.25) is 0 Å². The molecule has 6 heterocycles. The van der Waals surface area contributed by atoms with E-state index in [9.17, 15) is 71.3 Å². The molecule has 10 aromatic rings. The molecule has 4 saturated carbocycles. The van der Waals surface area contributed by atoms with Gasteiger partial charge in [0, 0.05) is 50.0 Å². The van der Waals surface area contributed by atoms with Crippen LogP contribution in [0.5, 0.6) is 5.75 Å². The van der Waals surface area contributed by atoms with Crippen molar-refractivity contribution in [2.75, 3.05) is 31.9 Å². The number of aryl methyl sites for hydroxylation is 3. The maximum atomic E-state index is 13.7. The largest absolute Gasteiger partial charge is 0.434 e. The number of aliphatic hydroxyl groups is 4. The average molecular weight is 1700 g/mol. The molecule has 36 heteroatoms. The van der Waals surface area contributed by atoms with Gasteiger partial charge >= 0.3 is 19.0 Å². The van der Waals surface area contributed by atoms with Gasteiger partial charge in [-0.05, 0) is 187 Å². The molecule has 6 aromatic heterocycles. The summed E-state index contributed by atoms with van der Waals surface area (Å²) in [6, 6.07) is 32.5. The normalized spacial score (nSPS) is 19.7. The number of nitrogens with one attached hydrogen (secondary N) is 6. The molecule has 28 nitrogen and oxygen atoms in total. The van der Waals surface area contributed by atoms with Crippen LogP contribution in [0.4, 0.5) is 70.6 Å². The van der Waals surface area contributed by atoms with Crippen molar-refractivity contribution in [2.24, 2.45) is 22.7 Å². The second-order valence-corrected chi connectivity index (χ2v) is 32.8. The summed E-state index contributed by atoms with van der Waals surface area (Å²) >= 11 is 0. The molecule has 123 heavy (non-hydrogen) atoms. The van der Waals surface area contributed by atoms with E-state index in [2.05, 4.69) is 123 Å². The molecule has 4 aromatic carbocycles. The Morgan fingerprint density at radius 2 is 0.862 bits per heavy atom. The second-order valence-electron chi connectivity index (χ2n) is 32.8. The number of ether oxygens (including phenoxy) is 1. The number of aliphatic hydroxyl groups excluding tert-OH is 4. The SMILES string of the molecule is Cc1ccc(C(F)(F)F)c(CNc2ncc(C#N)c(NC3CCC(O)CC3)n2)c1.Cc1cnnn1-c1ccccc1CNc1ncc(C#N)c(C[C@@H]2CC[C@H](O)C(C)(C)C2)n1.Cc1cnnn1-c1ccccc1CNc1ncc(C(F)(F)F)c(C[C@@H]2CC[C@H](O)C(C)(C)C2)n1.N#Cc1cnc(NCc2ccccc2OC(F)F)nc1NC1CCC(O)CC1. The lowest BCUT2D eigenvalue weighted by Crippen LogP contribution is -2.37. The average Bonchev–Trinajstić information content (AvgIpc) is 1.60. The first kappa shape index (κ1) is 91.6. The van der Waals surface area contributed by atoms with Crippen molar-refractivity contribution < 1.29 is 60.3 Å². The summed E-state index contributed by atoms with van der Waals surface area (Å²) < 4.78 is 114. The minimum Gasteiger partial charge on any atom is -0.434 e. The van der Waals surface area contributed by atoms with Crippen LogP contribution in [0.1, 0.15) is 196 Å². The van der Waals surface area contributed by atoms with E-state index in [1.807, 2.05) is 82.3 Å². The predicted molar refractivity (Wildman–Crippen MR) is 443 cm³/mol. The van der Waals surface area contributed by atoms with E-state index in [0.29, 0.717) is 105 Å². The number of hydrogen-bond donors (Lipinski definition) is 10. The second kappa shape index (κ2) is 41.6. The molecule has 0 unspecified atom stereocenters.